The van der Waals surface area contributed by atoms with Crippen LogP contribution in [-0.4, -0.2) is 26.4 Å². The van der Waals surface area contributed by atoms with Gasteiger partial charge in [-0.25, -0.2) is 0 Å². The van der Waals surface area contributed by atoms with Gasteiger partial charge < -0.3 is 9.88 Å². The van der Waals surface area contributed by atoms with E-state index in [9.17, 15) is 4.79 Å². The number of hydrogen-bond acceptors (Lipinski definition) is 4. The molecule has 1 aromatic carbocycles. The topological polar surface area (TPSA) is 59.8 Å². The average Bonchev–Trinajstić information content (AvgIpc) is 2.72. The molecule has 0 aliphatic carbocycles. The minimum atomic E-state index is -0.0124. The van der Waals surface area contributed by atoms with Crippen molar-refractivity contribution in [1.82, 2.24) is 14.8 Å². The zero-order valence-electron chi connectivity index (χ0n) is 12.7. The highest BCUT2D eigenvalue weighted by molar-refractivity contribution is 7.99. The smallest absolute Gasteiger partial charge is 0.234 e. The fourth-order valence-corrected chi connectivity index (χ4v) is 3.40. The molecule has 6 heteroatoms. The second kappa shape index (κ2) is 6.96. The van der Waals surface area contributed by atoms with Crippen LogP contribution >= 0.6 is 11.8 Å². The van der Waals surface area contributed by atoms with Gasteiger partial charge in [-0.1, -0.05) is 30.3 Å². The number of benzene rings is 1. The van der Waals surface area contributed by atoms with E-state index in [2.05, 4.69) is 20.1 Å². The molecule has 116 valence electrons. The molecule has 0 fully saturated rings. The van der Waals surface area contributed by atoms with Crippen molar-refractivity contribution in [1.29, 1.82) is 0 Å². The average molecular weight is 316 g/mol. The van der Waals surface area contributed by atoms with Crippen LogP contribution in [0.15, 0.2) is 29.4 Å². The van der Waals surface area contributed by atoms with E-state index in [1.165, 1.54) is 24.6 Å². The first kappa shape index (κ1) is 15.1. The molecule has 1 aliphatic heterocycles. The highest BCUT2D eigenvalue weighted by Gasteiger charge is 2.16. The van der Waals surface area contributed by atoms with Gasteiger partial charge in [-0.05, 0) is 37.5 Å². The first-order chi connectivity index (χ1) is 10.7. The van der Waals surface area contributed by atoms with E-state index in [1.807, 2.05) is 31.2 Å². The lowest BCUT2D eigenvalue weighted by molar-refractivity contribution is -0.113. The number of aryl methyl sites for hydroxylation is 2. The number of amides is 1. The molecular formula is C16H20N4OS. The minimum absolute atomic E-state index is 0.0124. The maximum atomic E-state index is 12.1. The van der Waals surface area contributed by atoms with Crippen molar-refractivity contribution in [2.75, 3.05) is 11.1 Å². The summed E-state index contributed by atoms with van der Waals surface area (Å²) in [5.74, 6) is 1.40. The molecule has 5 nitrogen and oxygen atoms in total. The molecule has 1 N–H and O–H groups in total. The molecule has 1 aliphatic rings. The summed E-state index contributed by atoms with van der Waals surface area (Å²) in [5, 5.41) is 12.3. The fourth-order valence-electron chi connectivity index (χ4n) is 2.62. The quantitative estimate of drug-likeness (QED) is 0.881. The van der Waals surface area contributed by atoms with E-state index in [4.69, 9.17) is 0 Å². The SMILES string of the molecule is Cc1cccc(NC(=O)CSc2nnc3n2CCCCC3)c1. The van der Waals surface area contributed by atoms with Gasteiger partial charge in [0.15, 0.2) is 5.16 Å². The number of fused-ring (bicyclic) bond motifs is 1. The number of anilines is 1. The third kappa shape index (κ3) is 3.68. The number of carbonyl (C=O) groups is 1. The number of nitrogens with one attached hydrogen (secondary N) is 1. The lowest BCUT2D eigenvalue weighted by atomic mass is 10.2. The summed E-state index contributed by atoms with van der Waals surface area (Å²) in [6.07, 6.45) is 4.56. The maximum Gasteiger partial charge on any atom is 0.234 e. The molecule has 0 spiro atoms. The summed E-state index contributed by atoms with van der Waals surface area (Å²) < 4.78 is 2.16. The first-order valence-corrected chi connectivity index (χ1v) is 8.62. The summed E-state index contributed by atoms with van der Waals surface area (Å²) >= 11 is 1.46. The van der Waals surface area contributed by atoms with Gasteiger partial charge in [0.1, 0.15) is 5.82 Å². The van der Waals surface area contributed by atoms with Crippen LogP contribution in [0.5, 0.6) is 0 Å². The molecule has 3 rings (SSSR count). The Kier molecular flexibility index (Phi) is 4.77. The molecule has 22 heavy (non-hydrogen) atoms. The number of carbonyl (C=O) groups excluding carboxylic acids is 1. The molecule has 1 amide bonds. The lowest BCUT2D eigenvalue weighted by Crippen LogP contribution is -2.14. The summed E-state index contributed by atoms with van der Waals surface area (Å²) in [6, 6.07) is 7.82. The van der Waals surface area contributed by atoms with Gasteiger partial charge in [-0.3, -0.25) is 4.79 Å². The fraction of sp³-hybridized carbons (Fsp3) is 0.438. The van der Waals surface area contributed by atoms with Crippen LogP contribution < -0.4 is 5.32 Å². The van der Waals surface area contributed by atoms with Crippen LogP contribution in [0.25, 0.3) is 0 Å². The second-order valence-electron chi connectivity index (χ2n) is 5.57. The third-order valence-electron chi connectivity index (χ3n) is 3.71. The van der Waals surface area contributed by atoms with Gasteiger partial charge in [-0.2, -0.15) is 0 Å². The number of rotatable bonds is 4. The van der Waals surface area contributed by atoms with E-state index in [0.717, 1.165) is 41.6 Å². The summed E-state index contributed by atoms with van der Waals surface area (Å²) in [5.41, 5.74) is 1.97. The Labute approximate surface area is 134 Å². The van der Waals surface area contributed by atoms with Gasteiger partial charge in [0.25, 0.3) is 0 Å². The van der Waals surface area contributed by atoms with Crippen LogP contribution in [0.2, 0.25) is 0 Å². The monoisotopic (exact) mass is 316 g/mol. The summed E-state index contributed by atoms with van der Waals surface area (Å²) in [6.45, 7) is 2.97. The van der Waals surface area contributed by atoms with Crippen molar-refractivity contribution < 1.29 is 4.79 Å². The molecular weight excluding hydrogens is 296 g/mol. The second-order valence-corrected chi connectivity index (χ2v) is 6.51. The summed E-state index contributed by atoms with van der Waals surface area (Å²) in [7, 11) is 0. The van der Waals surface area contributed by atoms with E-state index in [-0.39, 0.29) is 5.91 Å². The molecule has 0 saturated carbocycles. The normalized spacial score (nSPS) is 14.2. The first-order valence-electron chi connectivity index (χ1n) is 7.64. The van der Waals surface area contributed by atoms with Crippen LogP contribution in [0.4, 0.5) is 5.69 Å². The lowest BCUT2D eigenvalue weighted by Gasteiger charge is -2.07. The molecule has 0 unspecified atom stereocenters. The Hall–Kier alpha value is -1.82. The highest BCUT2D eigenvalue weighted by Crippen LogP contribution is 2.22. The number of hydrogen-bond donors (Lipinski definition) is 1. The van der Waals surface area contributed by atoms with E-state index >= 15 is 0 Å². The predicted octanol–water partition coefficient (Wildman–Crippen LogP) is 3.04. The van der Waals surface area contributed by atoms with Crippen LogP contribution in [0.1, 0.15) is 30.7 Å². The Morgan fingerprint density at radius 2 is 2.23 bits per heavy atom. The van der Waals surface area contributed by atoms with Crippen molar-refractivity contribution in [3.05, 3.63) is 35.7 Å². The number of thioether (sulfide) groups is 1. The standard InChI is InChI=1S/C16H20N4OS/c1-12-6-5-7-13(10-12)17-15(21)11-22-16-19-18-14-8-3-2-4-9-20(14)16/h5-7,10H,2-4,8-9,11H2,1H3,(H,17,21). The molecule has 0 radical (unpaired) electrons. The molecule has 1 aromatic heterocycles. The maximum absolute atomic E-state index is 12.1. The largest absolute Gasteiger partial charge is 0.325 e. The Bertz CT molecular complexity index is 668. The van der Waals surface area contributed by atoms with E-state index < -0.39 is 0 Å². The zero-order chi connectivity index (χ0) is 15.4. The van der Waals surface area contributed by atoms with E-state index in [0.29, 0.717) is 5.75 Å². The zero-order valence-corrected chi connectivity index (χ0v) is 13.5. The summed E-state index contributed by atoms with van der Waals surface area (Å²) in [4.78, 5) is 12.1. The van der Waals surface area contributed by atoms with Crippen LogP contribution in [0, 0.1) is 6.92 Å². The molecule has 0 bridgehead atoms. The minimum Gasteiger partial charge on any atom is -0.325 e. The number of aromatic nitrogens is 3. The van der Waals surface area contributed by atoms with Gasteiger partial charge in [-0.15, -0.1) is 10.2 Å². The van der Waals surface area contributed by atoms with Crippen molar-refractivity contribution in [3.8, 4) is 0 Å². The van der Waals surface area contributed by atoms with Crippen molar-refractivity contribution in [2.24, 2.45) is 0 Å². The van der Waals surface area contributed by atoms with Crippen molar-refractivity contribution in [2.45, 2.75) is 44.3 Å². The van der Waals surface area contributed by atoms with Crippen LogP contribution in [0.3, 0.4) is 0 Å². The third-order valence-corrected chi connectivity index (χ3v) is 4.68. The Morgan fingerprint density at radius 3 is 3.09 bits per heavy atom. The van der Waals surface area contributed by atoms with Gasteiger partial charge >= 0.3 is 0 Å². The van der Waals surface area contributed by atoms with Gasteiger partial charge in [0.2, 0.25) is 5.91 Å². The predicted molar refractivity (Wildman–Crippen MR) is 88.1 cm³/mol. The highest BCUT2D eigenvalue weighted by atomic mass is 32.2. The Balaban J connectivity index is 1.58. The molecule has 0 atom stereocenters. The van der Waals surface area contributed by atoms with Crippen LogP contribution in [-0.2, 0) is 17.8 Å². The van der Waals surface area contributed by atoms with E-state index in [1.54, 1.807) is 0 Å². The van der Waals surface area contributed by atoms with Crippen molar-refractivity contribution >= 4 is 23.4 Å². The Morgan fingerprint density at radius 1 is 1.32 bits per heavy atom. The number of nitrogens with zero attached hydrogens (tertiary/aromatic N) is 3. The van der Waals surface area contributed by atoms with Gasteiger partial charge in [0, 0.05) is 18.7 Å². The molecule has 0 saturated heterocycles. The van der Waals surface area contributed by atoms with Crippen molar-refractivity contribution in [3.63, 3.8) is 0 Å². The molecule has 2 heterocycles. The molecule has 2 aromatic rings. The van der Waals surface area contributed by atoms with Gasteiger partial charge in [0.05, 0.1) is 5.75 Å².